The van der Waals surface area contributed by atoms with Crippen molar-refractivity contribution in [2.75, 3.05) is 0 Å². The Morgan fingerprint density at radius 1 is 1.07 bits per heavy atom. The second kappa shape index (κ2) is 7.64. The van der Waals surface area contributed by atoms with E-state index in [-0.39, 0.29) is 0 Å². The fourth-order valence-electron chi connectivity index (χ4n) is 9.48. The number of hydrogen-bond donors (Lipinski definition) is 1. The lowest BCUT2D eigenvalue weighted by molar-refractivity contribution is -0.189. The summed E-state index contributed by atoms with van der Waals surface area (Å²) in [5.74, 6) is 3.46. The lowest BCUT2D eigenvalue weighted by atomic mass is 9.38. The molecule has 8 atom stereocenters. The van der Waals surface area contributed by atoms with Crippen LogP contribution in [-0.2, 0) is 0 Å². The van der Waals surface area contributed by atoms with Gasteiger partial charge >= 0.3 is 0 Å². The zero-order chi connectivity index (χ0) is 21.9. The van der Waals surface area contributed by atoms with Gasteiger partial charge in [-0.2, -0.15) is 0 Å². The van der Waals surface area contributed by atoms with Crippen molar-refractivity contribution in [3.63, 3.8) is 0 Å². The Morgan fingerprint density at radius 2 is 1.80 bits per heavy atom. The summed E-state index contributed by atoms with van der Waals surface area (Å²) < 4.78 is 0. The van der Waals surface area contributed by atoms with Crippen LogP contribution < -0.4 is 0 Å². The molecule has 0 aromatic rings. The van der Waals surface area contributed by atoms with Gasteiger partial charge in [0.05, 0.1) is 5.60 Å². The van der Waals surface area contributed by atoms with E-state index in [0.29, 0.717) is 28.1 Å². The molecule has 0 spiro atoms. The predicted octanol–water partition coefficient (Wildman–Crippen LogP) is 7.98. The first-order chi connectivity index (χ1) is 13.9. The van der Waals surface area contributed by atoms with E-state index in [1.807, 2.05) is 0 Å². The Morgan fingerprint density at radius 3 is 2.50 bits per heavy atom. The Kier molecular flexibility index (Phi) is 5.82. The normalized spacial score (nSPS) is 48.3. The molecule has 4 saturated carbocycles. The van der Waals surface area contributed by atoms with E-state index < -0.39 is 5.60 Å². The molecule has 4 fully saturated rings. The number of rotatable bonds is 4. The Bertz CT molecular complexity index is 672. The van der Waals surface area contributed by atoms with Crippen LogP contribution >= 0.6 is 0 Å². The van der Waals surface area contributed by atoms with E-state index >= 15 is 0 Å². The molecule has 0 bridgehead atoms. The van der Waals surface area contributed by atoms with E-state index in [0.717, 1.165) is 30.6 Å². The Labute approximate surface area is 187 Å². The summed E-state index contributed by atoms with van der Waals surface area (Å²) in [6.07, 6.45) is 17.6. The molecule has 1 radical (unpaired) electrons. The van der Waals surface area contributed by atoms with Gasteiger partial charge in [0.1, 0.15) is 0 Å². The van der Waals surface area contributed by atoms with Crippen LogP contribution in [0.4, 0.5) is 0 Å². The second-order valence-electron chi connectivity index (χ2n) is 13.6. The first kappa shape index (κ1) is 22.9. The fourth-order valence-corrected chi connectivity index (χ4v) is 9.48. The number of hydrogen-bond acceptors (Lipinski definition) is 1. The lowest BCUT2D eigenvalue weighted by Gasteiger charge is -2.67. The largest absolute Gasteiger partial charge is 0.390 e. The standard InChI is InChI=1S/C29H49O/c1-20(2)10-8-11-21(3)22-18-25-28(7)16-12-23-26(4,5)14-9-15-27(23,6)24(28)13-17-29(25,30)19-22/h10,12,21-25,30H,8-9,11,13-19H2,1-7H3. The molecular weight excluding hydrogens is 364 g/mol. The van der Waals surface area contributed by atoms with Gasteiger partial charge in [-0.3, -0.25) is 0 Å². The van der Waals surface area contributed by atoms with Crippen LogP contribution in [0.25, 0.3) is 0 Å². The smallest absolute Gasteiger partial charge is 0.0684 e. The van der Waals surface area contributed by atoms with Crippen LogP contribution in [0, 0.1) is 52.3 Å². The van der Waals surface area contributed by atoms with Gasteiger partial charge in [0.15, 0.2) is 0 Å². The topological polar surface area (TPSA) is 20.2 Å². The van der Waals surface area contributed by atoms with Crippen molar-refractivity contribution in [3.8, 4) is 0 Å². The Hall–Kier alpha value is -0.300. The summed E-state index contributed by atoms with van der Waals surface area (Å²) in [6.45, 7) is 17.1. The highest BCUT2D eigenvalue weighted by atomic mass is 16.3. The molecule has 0 aromatic carbocycles. The zero-order valence-corrected chi connectivity index (χ0v) is 21.1. The van der Waals surface area contributed by atoms with E-state index in [2.05, 4.69) is 61.0 Å². The summed E-state index contributed by atoms with van der Waals surface area (Å²) in [4.78, 5) is 0. The van der Waals surface area contributed by atoms with Gasteiger partial charge in [-0.15, -0.1) is 0 Å². The van der Waals surface area contributed by atoms with Crippen molar-refractivity contribution in [2.24, 2.45) is 45.8 Å². The predicted molar refractivity (Wildman–Crippen MR) is 128 cm³/mol. The van der Waals surface area contributed by atoms with Crippen molar-refractivity contribution in [2.45, 2.75) is 118 Å². The minimum absolute atomic E-state index is 0.292. The number of allylic oxidation sites excluding steroid dienone is 2. The molecule has 171 valence electrons. The molecule has 0 amide bonds. The molecule has 30 heavy (non-hydrogen) atoms. The monoisotopic (exact) mass is 413 g/mol. The van der Waals surface area contributed by atoms with Gasteiger partial charge in [0.25, 0.3) is 0 Å². The molecule has 1 N–H and O–H groups in total. The van der Waals surface area contributed by atoms with E-state index in [9.17, 15) is 5.11 Å². The molecule has 4 aliphatic carbocycles. The van der Waals surface area contributed by atoms with Gasteiger partial charge in [0.2, 0.25) is 0 Å². The highest BCUT2D eigenvalue weighted by molar-refractivity contribution is 5.19. The highest BCUT2D eigenvalue weighted by Gasteiger charge is 2.66. The van der Waals surface area contributed by atoms with Gasteiger partial charge in [0, 0.05) is 0 Å². The second-order valence-corrected chi connectivity index (χ2v) is 13.6. The molecule has 0 aliphatic heterocycles. The summed E-state index contributed by atoms with van der Waals surface area (Å²) in [6, 6.07) is 0. The SMILES string of the molecule is CC(C)=CCCC(C)C1CC2C(O)(CCC3C4(C)CCCC(C)(C)C4[CH]CC23C)C1. The van der Waals surface area contributed by atoms with Crippen LogP contribution in [0.1, 0.15) is 113 Å². The zero-order valence-electron chi connectivity index (χ0n) is 21.1. The van der Waals surface area contributed by atoms with Gasteiger partial charge < -0.3 is 5.11 Å². The van der Waals surface area contributed by atoms with Gasteiger partial charge in [-0.25, -0.2) is 0 Å². The lowest BCUT2D eigenvalue weighted by Crippen LogP contribution is -2.62. The Balaban J connectivity index is 1.55. The summed E-state index contributed by atoms with van der Waals surface area (Å²) in [5, 5.41) is 11.9. The van der Waals surface area contributed by atoms with Crippen molar-refractivity contribution in [1.29, 1.82) is 0 Å². The molecule has 0 saturated heterocycles. The van der Waals surface area contributed by atoms with Crippen LogP contribution in [0.15, 0.2) is 11.6 Å². The van der Waals surface area contributed by atoms with E-state index in [1.165, 1.54) is 56.9 Å². The van der Waals surface area contributed by atoms with Crippen LogP contribution in [-0.4, -0.2) is 10.7 Å². The van der Waals surface area contributed by atoms with Crippen molar-refractivity contribution in [3.05, 3.63) is 18.1 Å². The average molecular weight is 414 g/mol. The molecule has 0 aromatic heterocycles. The van der Waals surface area contributed by atoms with Crippen LogP contribution in [0.2, 0.25) is 0 Å². The fraction of sp³-hybridized carbons (Fsp3) is 0.897. The minimum Gasteiger partial charge on any atom is -0.390 e. The van der Waals surface area contributed by atoms with E-state index in [4.69, 9.17) is 0 Å². The summed E-state index contributed by atoms with van der Waals surface area (Å²) >= 11 is 0. The van der Waals surface area contributed by atoms with Crippen molar-refractivity contribution < 1.29 is 5.11 Å². The molecule has 8 unspecified atom stereocenters. The van der Waals surface area contributed by atoms with Gasteiger partial charge in [-0.1, -0.05) is 52.7 Å². The maximum Gasteiger partial charge on any atom is 0.0684 e. The van der Waals surface area contributed by atoms with Gasteiger partial charge in [-0.05, 0) is 124 Å². The maximum absolute atomic E-state index is 11.9. The first-order valence-corrected chi connectivity index (χ1v) is 13.1. The summed E-state index contributed by atoms with van der Waals surface area (Å²) in [7, 11) is 0. The third-order valence-corrected chi connectivity index (χ3v) is 10.9. The molecule has 1 nitrogen and oxygen atoms in total. The third-order valence-electron chi connectivity index (χ3n) is 10.9. The third kappa shape index (κ3) is 3.54. The molecule has 4 rings (SSSR count). The quantitative estimate of drug-likeness (QED) is 0.463. The molecule has 1 heteroatoms. The van der Waals surface area contributed by atoms with E-state index in [1.54, 1.807) is 0 Å². The van der Waals surface area contributed by atoms with Crippen LogP contribution in [0.3, 0.4) is 0 Å². The first-order valence-electron chi connectivity index (χ1n) is 13.1. The molecule has 4 aliphatic rings. The van der Waals surface area contributed by atoms with Crippen molar-refractivity contribution in [1.82, 2.24) is 0 Å². The molecular formula is C29H49O. The number of fused-ring (bicyclic) bond motifs is 5. The average Bonchev–Trinajstić information content (AvgIpc) is 2.99. The van der Waals surface area contributed by atoms with Crippen molar-refractivity contribution >= 4 is 0 Å². The number of aliphatic hydroxyl groups is 1. The maximum atomic E-state index is 11.9. The van der Waals surface area contributed by atoms with Crippen LogP contribution in [0.5, 0.6) is 0 Å². The summed E-state index contributed by atoms with van der Waals surface area (Å²) in [5.41, 5.74) is 2.21. The highest BCUT2D eigenvalue weighted by Crippen LogP contribution is 2.71. The minimum atomic E-state index is -0.401. The molecule has 0 heterocycles.